The number of carbonyl (C=O) groups is 1. The number of anilines is 1. The molecule has 0 aliphatic rings. The van der Waals surface area contributed by atoms with Crippen molar-refractivity contribution in [2.45, 2.75) is 13.0 Å². The number of hydrogen-bond donors (Lipinski definition) is 2. The van der Waals surface area contributed by atoms with Crippen LogP contribution < -0.4 is 11.1 Å². The Hall–Kier alpha value is -1.44. The predicted molar refractivity (Wildman–Crippen MR) is 84.8 cm³/mol. The number of hydrogen-bond acceptors (Lipinski definition) is 5. The van der Waals surface area contributed by atoms with Crippen molar-refractivity contribution in [1.82, 2.24) is 4.90 Å². The van der Waals surface area contributed by atoms with Gasteiger partial charge in [-0.25, -0.2) is 8.42 Å². The predicted octanol–water partition coefficient (Wildman–Crippen LogP) is 0.450. The minimum Gasteiger partial charge on any atom is -0.326 e. The number of benzene rings is 1. The fourth-order valence-electron chi connectivity index (χ4n) is 1.73. The number of amides is 1. The van der Waals surface area contributed by atoms with Crippen molar-refractivity contribution in [2.24, 2.45) is 5.73 Å². The van der Waals surface area contributed by atoms with Crippen LogP contribution in [0.3, 0.4) is 0 Å². The summed E-state index contributed by atoms with van der Waals surface area (Å²) in [7, 11) is -1.17. The molecule has 118 valence electrons. The highest BCUT2D eigenvalue weighted by atomic mass is 32.2. The van der Waals surface area contributed by atoms with E-state index in [0.717, 1.165) is 11.3 Å². The average molecular weight is 313 g/mol. The van der Waals surface area contributed by atoms with Gasteiger partial charge in [-0.3, -0.25) is 4.79 Å². The Morgan fingerprint density at radius 1 is 1.33 bits per heavy atom. The van der Waals surface area contributed by atoms with E-state index < -0.39 is 9.84 Å². The number of nitrogens with zero attached hydrogens (tertiary/aromatic N) is 1. The first-order valence-corrected chi connectivity index (χ1v) is 8.81. The van der Waals surface area contributed by atoms with E-state index in [-0.39, 0.29) is 11.7 Å². The summed E-state index contributed by atoms with van der Waals surface area (Å²) < 4.78 is 22.1. The van der Waals surface area contributed by atoms with E-state index in [2.05, 4.69) is 5.32 Å². The molecule has 0 unspecified atom stereocenters. The van der Waals surface area contributed by atoms with Crippen LogP contribution in [0.15, 0.2) is 24.3 Å². The first-order chi connectivity index (χ1) is 9.80. The van der Waals surface area contributed by atoms with Gasteiger partial charge in [-0.15, -0.1) is 0 Å². The summed E-state index contributed by atoms with van der Waals surface area (Å²) in [5.41, 5.74) is 7.23. The summed E-state index contributed by atoms with van der Waals surface area (Å²) in [6, 6.07) is 7.39. The zero-order valence-corrected chi connectivity index (χ0v) is 13.3. The molecule has 0 aliphatic heterocycles. The van der Waals surface area contributed by atoms with Crippen molar-refractivity contribution in [1.29, 1.82) is 0 Å². The van der Waals surface area contributed by atoms with Gasteiger partial charge < -0.3 is 16.0 Å². The van der Waals surface area contributed by atoms with Crippen molar-refractivity contribution in [2.75, 3.05) is 37.5 Å². The Bertz CT molecular complexity index is 573. The van der Waals surface area contributed by atoms with Crippen LogP contribution in [-0.2, 0) is 21.2 Å². The largest absolute Gasteiger partial charge is 0.326 e. The van der Waals surface area contributed by atoms with E-state index in [9.17, 15) is 13.2 Å². The second-order valence-corrected chi connectivity index (χ2v) is 7.40. The van der Waals surface area contributed by atoms with Crippen LogP contribution in [0.1, 0.15) is 12.0 Å². The number of carbonyl (C=O) groups excluding carboxylic acids is 1. The maximum atomic E-state index is 11.8. The van der Waals surface area contributed by atoms with Gasteiger partial charge in [-0.05, 0) is 24.7 Å². The second kappa shape index (κ2) is 8.11. The van der Waals surface area contributed by atoms with Crippen molar-refractivity contribution in [3.8, 4) is 0 Å². The molecule has 6 nitrogen and oxygen atoms in total. The summed E-state index contributed by atoms with van der Waals surface area (Å²) in [6.07, 6.45) is 1.52. The zero-order valence-electron chi connectivity index (χ0n) is 12.5. The molecule has 0 saturated heterocycles. The third-order valence-electron chi connectivity index (χ3n) is 3.01. The third-order valence-corrected chi connectivity index (χ3v) is 3.93. The van der Waals surface area contributed by atoms with Gasteiger partial charge in [-0.2, -0.15) is 0 Å². The molecule has 1 amide bonds. The Morgan fingerprint density at radius 3 is 2.67 bits per heavy atom. The molecule has 7 heteroatoms. The van der Waals surface area contributed by atoms with Crippen molar-refractivity contribution in [3.05, 3.63) is 29.8 Å². The lowest BCUT2D eigenvalue weighted by Gasteiger charge is -2.15. The SMILES string of the molecule is CN(CCC(=O)Nc1cccc(CN)c1)CCS(C)(=O)=O. The topological polar surface area (TPSA) is 92.5 Å². The first-order valence-electron chi connectivity index (χ1n) is 6.75. The molecule has 21 heavy (non-hydrogen) atoms. The monoisotopic (exact) mass is 313 g/mol. The maximum Gasteiger partial charge on any atom is 0.225 e. The van der Waals surface area contributed by atoms with Gasteiger partial charge in [0.05, 0.1) is 5.75 Å². The fourth-order valence-corrected chi connectivity index (χ4v) is 2.37. The first kappa shape index (κ1) is 17.6. The van der Waals surface area contributed by atoms with E-state index in [0.29, 0.717) is 26.1 Å². The smallest absolute Gasteiger partial charge is 0.225 e. The molecule has 0 atom stereocenters. The van der Waals surface area contributed by atoms with Crippen LogP contribution in [0.2, 0.25) is 0 Å². The molecular weight excluding hydrogens is 290 g/mol. The quantitative estimate of drug-likeness (QED) is 0.727. The van der Waals surface area contributed by atoms with Crippen LogP contribution in [-0.4, -0.2) is 51.4 Å². The van der Waals surface area contributed by atoms with Gasteiger partial charge in [0.1, 0.15) is 9.84 Å². The fraction of sp³-hybridized carbons (Fsp3) is 0.500. The van der Waals surface area contributed by atoms with Crippen molar-refractivity contribution >= 4 is 21.4 Å². The van der Waals surface area contributed by atoms with Crippen LogP contribution >= 0.6 is 0 Å². The van der Waals surface area contributed by atoms with Crippen molar-refractivity contribution in [3.63, 3.8) is 0 Å². The van der Waals surface area contributed by atoms with Gasteiger partial charge in [0, 0.05) is 38.0 Å². The summed E-state index contributed by atoms with van der Waals surface area (Å²) in [4.78, 5) is 13.7. The Labute approximate surface area is 126 Å². The van der Waals surface area contributed by atoms with Crippen LogP contribution in [0.4, 0.5) is 5.69 Å². The second-order valence-electron chi connectivity index (χ2n) is 5.14. The normalized spacial score (nSPS) is 11.6. The molecule has 0 saturated carbocycles. The number of sulfone groups is 1. The van der Waals surface area contributed by atoms with Gasteiger partial charge in [0.15, 0.2) is 0 Å². The minimum absolute atomic E-state index is 0.101. The average Bonchev–Trinajstić information content (AvgIpc) is 2.42. The molecule has 0 bridgehead atoms. The van der Waals surface area contributed by atoms with E-state index in [1.807, 2.05) is 29.2 Å². The molecule has 0 aliphatic carbocycles. The standard InChI is InChI=1S/C14H23N3O3S/c1-17(8-9-21(2,19)20)7-6-14(18)16-13-5-3-4-12(10-13)11-15/h3-5,10H,6-9,11,15H2,1-2H3,(H,16,18). The van der Waals surface area contributed by atoms with E-state index in [1.54, 1.807) is 7.05 Å². The maximum absolute atomic E-state index is 11.8. The molecule has 0 heterocycles. The Balaban J connectivity index is 2.36. The lowest BCUT2D eigenvalue weighted by molar-refractivity contribution is -0.116. The lowest BCUT2D eigenvalue weighted by atomic mass is 10.2. The molecule has 1 rings (SSSR count). The highest BCUT2D eigenvalue weighted by Gasteiger charge is 2.08. The number of nitrogens with one attached hydrogen (secondary N) is 1. The molecule has 1 aromatic carbocycles. The molecule has 3 N–H and O–H groups in total. The summed E-state index contributed by atoms with van der Waals surface area (Å²) in [5, 5.41) is 2.80. The molecule has 1 aromatic rings. The van der Waals surface area contributed by atoms with Crippen LogP contribution in [0, 0.1) is 0 Å². The summed E-state index contributed by atoms with van der Waals surface area (Å²) >= 11 is 0. The highest BCUT2D eigenvalue weighted by molar-refractivity contribution is 7.90. The summed E-state index contributed by atoms with van der Waals surface area (Å²) in [5.74, 6) is -0.000645. The van der Waals surface area contributed by atoms with Gasteiger partial charge >= 0.3 is 0 Å². The van der Waals surface area contributed by atoms with Crippen LogP contribution in [0.5, 0.6) is 0 Å². The zero-order chi connectivity index (χ0) is 15.9. The van der Waals surface area contributed by atoms with Gasteiger partial charge in [-0.1, -0.05) is 12.1 Å². The molecule has 0 spiro atoms. The molecule has 0 aromatic heterocycles. The van der Waals surface area contributed by atoms with E-state index >= 15 is 0 Å². The summed E-state index contributed by atoms with van der Waals surface area (Å²) in [6.45, 7) is 1.37. The number of nitrogens with two attached hydrogens (primary N) is 1. The molecule has 0 fully saturated rings. The van der Waals surface area contributed by atoms with Crippen molar-refractivity contribution < 1.29 is 13.2 Å². The Kier molecular flexibility index (Phi) is 6.80. The lowest BCUT2D eigenvalue weighted by Crippen LogP contribution is -2.28. The molecule has 0 radical (unpaired) electrons. The number of rotatable bonds is 8. The minimum atomic E-state index is -2.97. The highest BCUT2D eigenvalue weighted by Crippen LogP contribution is 2.10. The van der Waals surface area contributed by atoms with E-state index in [4.69, 9.17) is 5.73 Å². The Morgan fingerprint density at radius 2 is 2.05 bits per heavy atom. The van der Waals surface area contributed by atoms with E-state index in [1.165, 1.54) is 6.26 Å². The van der Waals surface area contributed by atoms with Crippen LogP contribution in [0.25, 0.3) is 0 Å². The third kappa shape index (κ3) is 7.79. The van der Waals surface area contributed by atoms with Gasteiger partial charge in [0.2, 0.25) is 5.91 Å². The molecular formula is C14H23N3O3S. The van der Waals surface area contributed by atoms with Gasteiger partial charge in [0.25, 0.3) is 0 Å².